The number of nitrogens with zero attached hydrogens (tertiary/aromatic N) is 3. The van der Waals surface area contributed by atoms with Crippen LogP contribution in [0.15, 0.2) is 97.0 Å². The summed E-state index contributed by atoms with van der Waals surface area (Å²) in [6.45, 7) is 1.85. The maximum absolute atomic E-state index is 11.7. The molecule has 0 bridgehead atoms. The van der Waals surface area contributed by atoms with Gasteiger partial charge in [-0.15, -0.1) is 0 Å². The van der Waals surface area contributed by atoms with E-state index in [2.05, 4.69) is 0 Å². The number of hydrogen-bond donors (Lipinski definition) is 1. The molecule has 1 aromatic heterocycles. The lowest BCUT2D eigenvalue weighted by Gasteiger charge is -2.10. The van der Waals surface area contributed by atoms with Gasteiger partial charge in [0.05, 0.1) is 21.9 Å². The number of allylic oxidation sites excluding steroid dienone is 2. The number of carboxylic acids is 1. The number of para-hydroxylation sites is 3. The maximum Gasteiger partial charge on any atom is 0.310 e. The van der Waals surface area contributed by atoms with Gasteiger partial charge >= 0.3 is 5.97 Å². The lowest BCUT2D eigenvalue weighted by Crippen LogP contribution is -2.35. The third-order valence-electron chi connectivity index (χ3n) is 6.73. The number of ether oxygens (including phenoxy) is 1. The first-order chi connectivity index (χ1) is 18.3. The van der Waals surface area contributed by atoms with Crippen LogP contribution in [0.1, 0.15) is 29.5 Å². The van der Waals surface area contributed by atoms with Crippen LogP contribution < -0.4 is 14.2 Å². The Bertz CT molecular complexity index is 1630. The summed E-state index contributed by atoms with van der Waals surface area (Å²) in [4.78, 5) is 24.6. The SMILES string of the molecule is CC(C(=O)O)c1ccc(C[n+]2ccc(/C=C/C=C3\Oc4ccccc4N3C)c3ccccc32)cc1[N+](=O)[O-]. The average molecular weight is 509 g/mol. The van der Waals surface area contributed by atoms with E-state index in [-0.39, 0.29) is 11.3 Å². The minimum absolute atomic E-state index is 0.184. The Balaban J connectivity index is 1.43. The zero-order valence-electron chi connectivity index (χ0n) is 20.9. The van der Waals surface area contributed by atoms with E-state index in [1.165, 1.54) is 13.0 Å². The molecule has 5 rings (SSSR count). The Hall–Kier alpha value is -4.98. The van der Waals surface area contributed by atoms with Gasteiger partial charge in [0.25, 0.3) is 5.69 Å². The van der Waals surface area contributed by atoms with E-state index in [9.17, 15) is 20.0 Å². The predicted molar refractivity (Wildman–Crippen MR) is 145 cm³/mol. The van der Waals surface area contributed by atoms with Gasteiger partial charge in [0.2, 0.25) is 5.52 Å². The van der Waals surface area contributed by atoms with E-state index in [4.69, 9.17) is 4.74 Å². The molecule has 0 saturated heterocycles. The first-order valence-electron chi connectivity index (χ1n) is 12.1. The molecule has 1 atom stereocenters. The van der Waals surface area contributed by atoms with Crippen molar-refractivity contribution >= 4 is 34.3 Å². The Morgan fingerprint density at radius 2 is 1.89 bits per heavy atom. The van der Waals surface area contributed by atoms with Crippen molar-refractivity contribution in [3.8, 4) is 5.75 Å². The van der Waals surface area contributed by atoms with Crippen LogP contribution in [0.2, 0.25) is 0 Å². The van der Waals surface area contributed by atoms with Crippen molar-refractivity contribution in [3.05, 3.63) is 124 Å². The highest BCUT2D eigenvalue weighted by molar-refractivity contribution is 5.85. The third kappa shape index (κ3) is 4.71. The molecule has 1 N–H and O–H groups in total. The lowest BCUT2D eigenvalue weighted by molar-refractivity contribution is -0.662. The molecule has 190 valence electrons. The van der Waals surface area contributed by atoms with Gasteiger partial charge in [-0.25, -0.2) is 0 Å². The standard InChI is InChI=1S/C30H25N3O5/c1-20(30(34)35)23-15-14-21(18-27(23)33(36)37)19-32-17-16-22(24-9-3-4-10-25(24)32)8-7-13-29-31(2)26-11-5-6-12-28(26)38-29/h3-18,20H,19H2,1-2H3/p+1. The zero-order chi connectivity index (χ0) is 26.8. The monoisotopic (exact) mass is 508 g/mol. The zero-order valence-corrected chi connectivity index (χ0v) is 20.9. The van der Waals surface area contributed by atoms with Gasteiger partial charge in [-0.3, -0.25) is 14.9 Å². The van der Waals surface area contributed by atoms with Gasteiger partial charge in [0.1, 0.15) is 0 Å². The van der Waals surface area contributed by atoms with Gasteiger partial charge < -0.3 is 14.7 Å². The van der Waals surface area contributed by atoms with Gasteiger partial charge in [-0.05, 0) is 36.8 Å². The molecule has 1 unspecified atom stereocenters. The van der Waals surface area contributed by atoms with Crippen molar-refractivity contribution in [1.29, 1.82) is 0 Å². The number of nitro benzene ring substituents is 1. The molecule has 4 aromatic rings. The number of hydrogen-bond acceptors (Lipinski definition) is 5. The Morgan fingerprint density at radius 1 is 1.13 bits per heavy atom. The first kappa shape index (κ1) is 24.7. The van der Waals surface area contributed by atoms with Gasteiger partial charge in [0, 0.05) is 36.4 Å². The van der Waals surface area contributed by atoms with Crippen LogP contribution >= 0.6 is 0 Å². The first-order valence-corrected chi connectivity index (χ1v) is 12.1. The normalized spacial score (nSPS) is 14.6. The van der Waals surface area contributed by atoms with Crippen molar-refractivity contribution in [1.82, 2.24) is 0 Å². The molecular formula is C30H26N3O5+. The second-order valence-corrected chi connectivity index (χ2v) is 9.12. The molecule has 8 heteroatoms. The highest BCUT2D eigenvalue weighted by Crippen LogP contribution is 2.37. The number of aliphatic carboxylic acids is 1. The van der Waals surface area contributed by atoms with Crippen molar-refractivity contribution in [3.63, 3.8) is 0 Å². The van der Waals surface area contributed by atoms with E-state index >= 15 is 0 Å². The molecular weight excluding hydrogens is 482 g/mol. The number of carbonyl (C=O) groups is 1. The molecule has 0 radical (unpaired) electrons. The minimum atomic E-state index is -1.10. The van der Waals surface area contributed by atoms with E-state index in [0.717, 1.165) is 33.8 Å². The minimum Gasteiger partial charge on any atom is -0.481 e. The molecule has 0 saturated carbocycles. The molecule has 2 heterocycles. The largest absolute Gasteiger partial charge is 0.481 e. The van der Waals surface area contributed by atoms with Gasteiger partial charge in [-0.2, -0.15) is 4.57 Å². The highest BCUT2D eigenvalue weighted by atomic mass is 16.6. The van der Waals surface area contributed by atoms with Crippen LogP contribution in [0.3, 0.4) is 0 Å². The van der Waals surface area contributed by atoms with Gasteiger partial charge in [0.15, 0.2) is 24.4 Å². The van der Waals surface area contributed by atoms with Crippen LogP contribution in [-0.2, 0) is 11.3 Å². The van der Waals surface area contributed by atoms with E-state index < -0.39 is 16.8 Å². The van der Waals surface area contributed by atoms with E-state index in [1.54, 1.807) is 12.1 Å². The molecule has 0 fully saturated rings. The lowest BCUT2D eigenvalue weighted by atomic mass is 9.97. The number of nitro groups is 1. The third-order valence-corrected chi connectivity index (χ3v) is 6.73. The molecule has 38 heavy (non-hydrogen) atoms. The molecule has 3 aromatic carbocycles. The fourth-order valence-corrected chi connectivity index (χ4v) is 4.63. The second-order valence-electron chi connectivity index (χ2n) is 9.12. The highest BCUT2D eigenvalue weighted by Gasteiger charge is 2.25. The molecule has 8 nitrogen and oxygen atoms in total. The van der Waals surface area contributed by atoms with Crippen molar-refractivity contribution in [2.24, 2.45) is 0 Å². The topological polar surface area (TPSA) is 96.8 Å². The second kappa shape index (κ2) is 10.2. The Kier molecular flexibility index (Phi) is 6.62. The van der Waals surface area contributed by atoms with Crippen molar-refractivity contribution in [2.75, 3.05) is 11.9 Å². The molecule has 0 amide bonds. The smallest absolute Gasteiger partial charge is 0.310 e. The van der Waals surface area contributed by atoms with Crippen LogP contribution in [0.5, 0.6) is 5.75 Å². The molecule has 0 aliphatic carbocycles. The van der Waals surface area contributed by atoms with Crippen LogP contribution in [0, 0.1) is 10.1 Å². The van der Waals surface area contributed by atoms with E-state index in [0.29, 0.717) is 12.1 Å². The Morgan fingerprint density at radius 3 is 2.66 bits per heavy atom. The number of fused-ring (bicyclic) bond motifs is 2. The number of rotatable bonds is 7. The summed E-state index contributed by atoms with van der Waals surface area (Å²) in [7, 11) is 1.96. The maximum atomic E-state index is 11.7. The van der Waals surface area contributed by atoms with Crippen LogP contribution in [0.25, 0.3) is 17.0 Å². The Labute approximate surface area is 219 Å². The predicted octanol–water partition coefficient (Wildman–Crippen LogP) is 5.66. The molecule has 1 aliphatic heterocycles. The summed E-state index contributed by atoms with van der Waals surface area (Å²) in [5.41, 5.74) is 3.72. The quantitative estimate of drug-likeness (QED) is 0.197. The number of pyridine rings is 1. The number of benzene rings is 3. The summed E-state index contributed by atoms with van der Waals surface area (Å²) < 4.78 is 7.97. The van der Waals surface area contributed by atoms with Crippen LogP contribution in [0.4, 0.5) is 11.4 Å². The number of anilines is 1. The fraction of sp³-hybridized carbons (Fsp3) is 0.133. The molecule has 0 spiro atoms. The number of carboxylic acid groups (broad SMARTS) is 1. The van der Waals surface area contributed by atoms with Crippen molar-refractivity contribution < 1.29 is 24.1 Å². The summed E-state index contributed by atoms with van der Waals surface area (Å²) >= 11 is 0. The van der Waals surface area contributed by atoms with Crippen LogP contribution in [-0.4, -0.2) is 23.0 Å². The summed E-state index contributed by atoms with van der Waals surface area (Å²) in [6, 6.07) is 22.6. The fourth-order valence-electron chi connectivity index (χ4n) is 4.63. The summed E-state index contributed by atoms with van der Waals surface area (Å²) in [6.07, 6.45) is 7.85. The van der Waals surface area contributed by atoms with Gasteiger partial charge in [-0.1, -0.05) is 48.6 Å². The van der Waals surface area contributed by atoms with Crippen molar-refractivity contribution in [2.45, 2.75) is 19.4 Å². The average Bonchev–Trinajstić information content (AvgIpc) is 3.24. The number of aromatic nitrogens is 1. The summed E-state index contributed by atoms with van der Waals surface area (Å²) in [5, 5.41) is 22.0. The molecule has 1 aliphatic rings. The van der Waals surface area contributed by atoms with E-state index in [1.807, 2.05) is 95.5 Å². The summed E-state index contributed by atoms with van der Waals surface area (Å²) in [5.74, 6) is -0.509.